The number of carbonyl (C=O) groups is 1. The Kier molecular flexibility index (Phi) is 4.17. The topological polar surface area (TPSA) is 60.9 Å². The lowest BCUT2D eigenvalue weighted by molar-refractivity contribution is 0.0992. The molecule has 2 N–H and O–H groups in total. The van der Waals surface area contributed by atoms with Gasteiger partial charge >= 0.3 is 0 Å². The van der Waals surface area contributed by atoms with Crippen LogP contribution in [0.1, 0.15) is 42.4 Å². The van der Waals surface area contributed by atoms with Crippen LogP contribution < -0.4 is 5.73 Å². The molecule has 0 fully saturated rings. The summed E-state index contributed by atoms with van der Waals surface area (Å²) in [7, 11) is 0. The minimum atomic E-state index is -0.569. The number of benzene rings is 1. The number of anilines is 1. The molecule has 0 radical (unpaired) electrons. The Morgan fingerprint density at radius 2 is 2.20 bits per heavy atom. The van der Waals surface area contributed by atoms with Crippen LogP contribution in [-0.4, -0.2) is 15.6 Å². The molecule has 1 aromatic carbocycles. The van der Waals surface area contributed by atoms with Gasteiger partial charge in [-0.1, -0.05) is 13.0 Å². The molecule has 0 aliphatic rings. The van der Waals surface area contributed by atoms with E-state index in [-0.39, 0.29) is 29.5 Å². The first kappa shape index (κ1) is 14.2. The van der Waals surface area contributed by atoms with Crippen LogP contribution in [0.25, 0.3) is 0 Å². The van der Waals surface area contributed by atoms with Crippen LogP contribution in [-0.2, 0) is 6.42 Å². The smallest absolute Gasteiger partial charge is 0.171 e. The van der Waals surface area contributed by atoms with E-state index in [0.29, 0.717) is 5.69 Å². The molecular weight excluding hydrogens is 257 g/mol. The zero-order valence-electron chi connectivity index (χ0n) is 11.6. The molecule has 0 bridgehead atoms. The molecule has 0 aliphatic heterocycles. The summed E-state index contributed by atoms with van der Waals surface area (Å²) in [5.74, 6) is -0.794. The highest BCUT2D eigenvalue weighted by Gasteiger charge is 2.15. The van der Waals surface area contributed by atoms with Crippen molar-refractivity contribution in [1.29, 1.82) is 0 Å². The third kappa shape index (κ3) is 2.87. The Hall–Kier alpha value is -2.17. The van der Waals surface area contributed by atoms with Crippen molar-refractivity contribution in [2.75, 3.05) is 5.73 Å². The number of hydrogen-bond donors (Lipinski definition) is 1. The minimum absolute atomic E-state index is 0.0983. The van der Waals surface area contributed by atoms with Gasteiger partial charge in [-0.3, -0.25) is 9.48 Å². The first-order valence-electron chi connectivity index (χ1n) is 6.64. The normalized spacial score (nSPS) is 12.3. The zero-order chi connectivity index (χ0) is 14.7. The number of hydrogen-bond acceptors (Lipinski definition) is 3. The van der Waals surface area contributed by atoms with Crippen LogP contribution in [0.4, 0.5) is 10.1 Å². The molecule has 0 spiro atoms. The van der Waals surface area contributed by atoms with E-state index in [0.717, 1.165) is 6.42 Å². The molecule has 4 nitrogen and oxygen atoms in total. The molecule has 106 valence electrons. The Bertz CT molecular complexity index is 621. The van der Waals surface area contributed by atoms with Gasteiger partial charge in [-0.2, -0.15) is 5.10 Å². The largest absolute Gasteiger partial charge is 0.396 e. The Morgan fingerprint density at radius 1 is 1.45 bits per heavy atom. The van der Waals surface area contributed by atoms with Gasteiger partial charge in [-0.25, -0.2) is 4.39 Å². The summed E-state index contributed by atoms with van der Waals surface area (Å²) < 4.78 is 15.2. The van der Waals surface area contributed by atoms with Crippen molar-refractivity contribution in [2.45, 2.75) is 32.7 Å². The number of nitrogens with zero attached hydrogens (tertiary/aromatic N) is 2. The van der Waals surface area contributed by atoms with Gasteiger partial charge in [0.15, 0.2) is 5.78 Å². The highest BCUT2D eigenvalue weighted by Crippen LogP contribution is 2.18. The summed E-state index contributed by atoms with van der Waals surface area (Å²) in [5, 5.41) is 4.36. The average Bonchev–Trinajstić information content (AvgIpc) is 2.89. The van der Waals surface area contributed by atoms with Crippen molar-refractivity contribution < 1.29 is 9.18 Å². The van der Waals surface area contributed by atoms with Crippen molar-refractivity contribution >= 4 is 11.5 Å². The van der Waals surface area contributed by atoms with E-state index in [9.17, 15) is 9.18 Å². The maximum absolute atomic E-state index is 13.3. The number of carbonyl (C=O) groups excluding carboxylic acids is 1. The summed E-state index contributed by atoms with van der Waals surface area (Å²) in [6.07, 6.45) is 2.94. The number of nitrogens with two attached hydrogens (primary N) is 1. The quantitative estimate of drug-likeness (QED) is 0.674. The van der Waals surface area contributed by atoms with Crippen LogP contribution in [0.2, 0.25) is 0 Å². The molecule has 20 heavy (non-hydrogen) atoms. The van der Waals surface area contributed by atoms with Gasteiger partial charge in [-0.05, 0) is 31.5 Å². The van der Waals surface area contributed by atoms with Gasteiger partial charge in [0.2, 0.25) is 0 Å². The van der Waals surface area contributed by atoms with Crippen LogP contribution in [0.3, 0.4) is 0 Å². The summed E-state index contributed by atoms with van der Waals surface area (Å²) >= 11 is 0. The van der Waals surface area contributed by atoms with Crippen LogP contribution in [0.5, 0.6) is 0 Å². The number of para-hydroxylation sites is 1. The molecule has 1 unspecified atom stereocenters. The van der Waals surface area contributed by atoms with E-state index < -0.39 is 5.82 Å². The summed E-state index contributed by atoms with van der Waals surface area (Å²) in [6.45, 7) is 4.13. The number of halogens is 1. The average molecular weight is 275 g/mol. The second-order valence-electron chi connectivity index (χ2n) is 4.85. The maximum atomic E-state index is 13.3. The third-order valence-corrected chi connectivity index (χ3v) is 3.40. The van der Waals surface area contributed by atoms with E-state index in [4.69, 9.17) is 5.73 Å². The van der Waals surface area contributed by atoms with Gasteiger partial charge in [0.05, 0.1) is 17.8 Å². The number of rotatable bonds is 5. The second-order valence-corrected chi connectivity index (χ2v) is 4.85. The molecule has 1 aromatic heterocycles. The molecule has 1 heterocycles. The molecule has 1 atom stereocenters. The van der Waals surface area contributed by atoms with Gasteiger partial charge in [0, 0.05) is 17.8 Å². The molecule has 2 rings (SSSR count). The van der Waals surface area contributed by atoms with Crippen LogP contribution >= 0.6 is 0 Å². The van der Waals surface area contributed by atoms with Crippen LogP contribution in [0, 0.1) is 5.82 Å². The lowest BCUT2D eigenvalue weighted by atomic mass is 10.0. The van der Waals surface area contributed by atoms with E-state index in [1.807, 2.05) is 10.9 Å². The first-order valence-corrected chi connectivity index (χ1v) is 6.64. The highest BCUT2D eigenvalue weighted by molar-refractivity contribution is 6.01. The van der Waals surface area contributed by atoms with Gasteiger partial charge in [0.1, 0.15) is 5.82 Å². The van der Waals surface area contributed by atoms with Gasteiger partial charge in [-0.15, -0.1) is 0 Å². The van der Waals surface area contributed by atoms with Crippen molar-refractivity contribution in [1.82, 2.24) is 9.78 Å². The molecule has 5 heteroatoms. The minimum Gasteiger partial charge on any atom is -0.396 e. The molecule has 0 aliphatic carbocycles. The van der Waals surface area contributed by atoms with Gasteiger partial charge < -0.3 is 5.73 Å². The van der Waals surface area contributed by atoms with Crippen LogP contribution in [0.15, 0.2) is 30.5 Å². The standard InChI is InChI=1S/C15H18FN3O/c1-3-10(2)19-8-7-11(18-19)9-14(20)12-5-4-6-13(16)15(12)17/h4-8,10H,3,9,17H2,1-2H3. The third-order valence-electron chi connectivity index (χ3n) is 3.40. The SMILES string of the molecule is CCC(C)n1ccc(CC(=O)c2cccc(F)c2N)n1. The molecular formula is C15H18FN3O. The number of aromatic nitrogens is 2. The highest BCUT2D eigenvalue weighted by atomic mass is 19.1. The van der Waals surface area contributed by atoms with Crippen molar-refractivity contribution in [3.8, 4) is 0 Å². The summed E-state index contributed by atoms with van der Waals surface area (Å²) in [4.78, 5) is 12.1. The summed E-state index contributed by atoms with van der Waals surface area (Å²) in [6, 6.07) is 6.35. The number of ketones is 1. The Morgan fingerprint density at radius 3 is 2.90 bits per heavy atom. The summed E-state index contributed by atoms with van der Waals surface area (Å²) in [5.41, 5.74) is 6.37. The Labute approximate surface area is 117 Å². The van der Waals surface area contributed by atoms with Crippen molar-refractivity contribution in [2.24, 2.45) is 0 Å². The number of nitrogen functional groups attached to an aromatic ring is 1. The first-order chi connectivity index (χ1) is 9.52. The predicted octanol–water partition coefficient (Wildman–Crippen LogP) is 3.00. The van der Waals surface area contributed by atoms with E-state index in [1.54, 1.807) is 6.07 Å². The van der Waals surface area contributed by atoms with E-state index >= 15 is 0 Å². The fourth-order valence-electron chi connectivity index (χ4n) is 1.94. The molecule has 2 aromatic rings. The molecule has 0 saturated carbocycles. The Balaban J connectivity index is 2.15. The second kappa shape index (κ2) is 5.86. The lowest BCUT2D eigenvalue weighted by Gasteiger charge is -2.08. The lowest BCUT2D eigenvalue weighted by Crippen LogP contribution is -2.10. The zero-order valence-corrected chi connectivity index (χ0v) is 11.6. The van der Waals surface area contributed by atoms with E-state index in [2.05, 4.69) is 18.9 Å². The molecule has 0 amide bonds. The fraction of sp³-hybridized carbons (Fsp3) is 0.333. The number of Topliss-reactive ketones (excluding diaryl/α,β-unsaturated/α-hetero) is 1. The monoisotopic (exact) mass is 275 g/mol. The van der Waals surface area contributed by atoms with E-state index in [1.165, 1.54) is 18.2 Å². The fourth-order valence-corrected chi connectivity index (χ4v) is 1.94. The maximum Gasteiger partial charge on any atom is 0.171 e. The van der Waals surface area contributed by atoms with Crippen molar-refractivity contribution in [3.05, 3.63) is 47.5 Å². The predicted molar refractivity (Wildman–Crippen MR) is 76.1 cm³/mol. The van der Waals surface area contributed by atoms with Crippen molar-refractivity contribution in [3.63, 3.8) is 0 Å². The molecule has 0 saturated heterocycles. The van der Waals surface area contributed by atoms with Gasteiger partial charge in [0.25, 0.3) is 0 Å².